The van der Waals surface area contributed by atoms with Crippen LogP contribution >= 0.6 is 24.8 Å². The van der Waals surface area contributed by atoms with E-state index in [0.29, 0.717) is 6.04 Å². The van der Waals surface area contributed by atoms with Crippen molar-refractivity contribution in [2.24, 2.45) is 0 Å². The number of piperazine rings is 1. The molecule has 1 N–H and O–H groups in total. The molecule has 0 amide bonds. The summed E-state index contributed by atoms with van der Waals surface area (Å²) in [4.78, 5) is 2.48. The molecule has 1 saturated heterocycles. The van der Waals surface area contributed by atoms with E-state index in [9.17, 15) is 0 Å². The summed E-state index contributed by atoms with van der Waals surface area (Å²) < 4.78 is 5.55. The van der Waals surface area contributed by atoms with E-state index >= 15 is 0 Å². The van der Waals surface area contributed by atoms with Crippen molar-refractivity contribution >= 4 is 24.8 Å². The fourth-order valence-electron chi connectivity index (χ4n) is 2.21. The molecule has 104 valence electrons. The molecule has 1 aromatic rings. The lowest BCUT2D eigenvalue weighted by Gasteiger charge is -2.33. The third kappa shape index (κ3) is 4.65. The monoisotopic (exact) mass is 292 g/mol. The van der Waals surface area contributed by atoms with Gasteiger partial charge in [0.2, 0.25) is 0 Å². The predicted molar refractivity (Wildman–Crippen MR) is 79.8 cm³/mol. The van der Waals surface area contributed by atoms with Crippen LogP contribution in [0.3, 0.4) is 0 Å². The molecule has 1 aliphatic heterocycles. The largest absolute Gasteiger partial charge is 0.468 e. The zero-order valence-corrected chi connectivity index (χ0v) is 12.4. The summed E-state index contributed by atoms with van der Waals surface area (Å²) in [5, 5.41) is 3.37. The van der Waals surface area contributed by atoms with E-state index in [1.165, 1.54) is 5.57 Å². The third-order valence-corrected chi connectivity index (χ3v) is 3.01. The molecule has 0 aromatic carbocycles. The SMILES string of the molecule is C=C(C)C[C@H](c1ccco1)N1CCNCC1.Cl.Cl. The van der Waals surface area contributed by atoms with Gasteiger partial charge >= 0.3 is 0 Å². The first kappa shape index (κ1) is 17.5. The van der Waals surface area contributed by atoms with Crippen LogP contribution in [0.4, 0.5) is 0 Å². The normalized spacial score (nSPS) is 17.4. The molecule has 2 heterocycles. The number of halogens is 2. The Labute approximate surface area is 121 Å². The lowest BCUT2D eigenvalue weighted by Crippen LogP contribution is -2.45. The Balaban J connectivity index is 0.00000144. The third-order valence-electron chi connectivity index (χ3n) is 3.01. The highest BCUT2D eigenvalue weighted by Crippen LogP contribution is 2.27. The molecule has 5 heteroatoms. The van der Waals surface area contributed by atoms with E-state index in [4.69, 9.17) is 4.42 Å². The first-order valence-electron chi connectivity index (χ1n) is 5.90. The van der Waals surface area contributed by atoms with Gasteiger partial charge in [-0.25, -0.2) is 0 Å². The van der Waals surface area contributed by atoms with E-state index in [-0.39, 0.29) is 24.8 Å². The van der Waals surface area contributed by atoms with Crippen LogP contribution in [0.5, 0.6) is 0 Å². The van der Waals surface area contributed by atoms with Gasteiger partial charge in [-0.2, -0.15) is 0 Å². The highest BCUT2D eigenvalue weighted by molar-refractivity contribution is 5.85. The minimum absolute atomic E-state index is 0. The molecule has 18 heavy (non-hydrogen) atoms. The van der Waals surface area contributed by atoms with Crippen molar-refractivity contribution < 1.29 is 4.42 Å². The fraction of sp³-hybridized carbons (Fsp3) is 0.538. The number of nitrogens with one attached hydrogen (secondary N) is 1. The van der Waals surface area contributed by atoms with Crippen molar-refractivity contribution in [3.05, 3.63) is 36.3 Å². The van der Waals surface area contributed by atoms with E-state index < -0.39 is 0 Å². The van der Waals surface area contributed by atoms with Crippen molar-refractivity contribution in [3.63, 3.8) is 0 Å². The summed E-state index contributed by atoms with van der Waals surface area (Å²) in [7, 11) is 0. The molecule has 1 aliphatic rings. The second kappa shape index (κ2) is 8.59. The zero-order valence-electron chi connectivity index (χ0n) is 10.7. The van der Waals surface area contributed by atoms with Gasteiger partial charge in [0.15, 0.2) is 0 Å². The van der Waals surface area contributed by atoms with Crippen LogP contribution in [0, 0.1) is 0 Å². The summed E-state index contributed by atoms with van der Waals surface area (Å²) in [5.41, 5.74) is 1.21. The summed E-state index contributed by atoms with van der Waals surface area (Å²) in [6.45, 7) is 10.4. The molecule has 0 spiro atoms. The van der Waals surface area contributed by atoms with Crippen LogP contribution in [0.25, 0.3) is 0 Å². The average Bonchev–Trinajstić information content (AvgIpc) is 2.80. The second-order valence-electron chi connectivity index (χ2n) is 4.48. The van der Waals surface area contributed by atoms with Gasteiger partial charge in [-0.3, -0.25) is 4.90 Å². The van der Waals surface area contributed by atoms with Crippen LogP contribution in [0.15, 0.2) is 35.0 Å². The predicted octanol–water partition coefficient (Wildman–Crippen LogP) is 3.04. The molecular formula is C13H22Cl2N2O. The number of nitrogens with zero attached hydrogens (tertiary/aromatic N) is 1. The molecule has 0 unspecified atom stereocenters. The van der Waals surface area contributed by atoms with Gasteiger partial charge in [-0.15, -0.1) is 31.4 Å². The van der Waals surface area contributed by atoms with E-state index in [1.807, 2.05) is 6.07 Å². The van der Waals surface area contributed by atoms with Crippen molar-refractivity contribution in [1.29, 1.82) is 0 Å². The highest BCUT2D eigenvalue weighted by Gasteiger charge is 2.23. The number of rotatable bonds is 4. The van der Waals surface area contributed by atoms with Crippen molar-refractivity contribution in [1.82, 2.24) is 10.2 Å². The van der Waals surface area contributed by atoms with Crippen molar-refractivity contribution in [2.75, 3.05) is 26.2 Å². The quantitative estimate of drug-likeness (QED) is 0.865. The zero-order chi connectivity index (χ0) is 11.4. The second-order valence-corrected chi connectivity index (χ2v) is 4.48. The van der Waals surface area contributed by atoms with Gasteiger partial charge in [0.05, 0.1) is 12.3 Å². The Morgan fingerprint density at radius 1 is 1.44 bits per heavy atom. The van der Waals surface area contributed by atoms with Gasteiger partial charge in [0, 0.05) is 26.2 Å². The fourth-order valence-corrected chi connectivity index (χ4v) is 2.21. The Morgan fingerprint density at radius 3 is 2.61 bits per heavy atom. The average molecular weight is 293 g/mol. The Hall–Kier alpha value is -0.480. The maximum absolute atomic E-state index is 5.55. The Morgan fingerprint density at radius 2 is 2.11 bits per heavy atom. The number of furan rings is 1. The molecule has 0 aliphatic carbocycles. The topological polar surface area (TPSA) is 28.4 Å². The van der Waals surface area contributed by atoms with Crippen LogP contribution in [-0.2, 0) is 0 Å². The van der Waals surface area contributed by atoms with Gasteiger partial charge < -0.3 is 9.73 Å². The minimum atomic E-state index is 0. The van der Waals surface area contributed by atoms with Crippen LogP contribution in [0.2, 0.25) is 0 Å². The van der Waals surface area contributed by atoms with Gasteiger partial charge in [0.25, 0.3) is 0 Å². The highest BCUT2D eigenvalue weighted by atomic mass is 35.5. The lowest BCUT2D eigenvalue weighted by atomic mass is 10.0. The summed E-state index contributed by atoms with van der Waals surface area (Å²) in [6, 6.07) is 4.38. The van der Waals surface area contributed by atoms with Gasteiger partial charge in [-0.1, -0.05) is 5.57 Å². The molecule has 0 saturated carbocycles. The van der Waals surface area contributed by atoms with E-state index in [0.717, 1.165) is 38.4 Å². The molecule has 1 fully saturated rings. The summed E-state index contributed by atoms with van der Waals surface area (Å²) in [5.74, 6) is 1.06. The molecule has 2 rings (SSSR count). The number of hydrogen-bond donors (Lipinski definition) is 1. The molecule has 1 atom stereocenters. The van der Waals surface area contributed by atoms with Crippen LogP contribution in [0.1, 0.15) is 25.1 Å². The summed E-state index contributed by atoms with van der Waals surface area (Å²) >= 11 is 0. The van der Waals surface area contributed by atoms with Gasteiger partial charge in [-0.05, 0) is 25.5 Å². The van der Waals surface area contributed by atoms with Crippen LogP contribution in [-0.4, -0.2) is 31.1 Å². The van der Waals surface area contributed by atoms with Crippen LogP contribution < -0.4 is 5.32 Å². The van der Waals surface area contributed by atoms with Crippen molar-refractivity contribution in [3.8, 4) is 0 Å². The molecule has 0 radical (unpaired) electrons. The molecule has 3 nitrogen and oxygen atoms in total. The Bertz CT molecular complexity index is 335. The maximum Gasteiger partial charge on any atom is 0.121 e. The van der Waals surface area contributed by atoms with E-state index in [2.05, 4.69) is 29.8 Å². The summed E-state index contributed by atoms with van der Waals surface area (Å²) in [6.07, 6.45) is 2.73. The molecular weight excluding hydrogens is 271 g/mol. The number of hydrogen-bond acceptors (Lipinski definition) is 3. The Kier molecular flexibility index (Phi) is 8.36. The molecule has 0 bridgehead atoms. The smallest absolute Gasteiger partial charge is 0.121 e. The van der Waals surface area contributed by atoms with Gasteiger partial charge in [0.1, 0.15) is 5.76 Å². The van der Waals surface area contributed by atoms with Crippen molar-refractivity contribution in [2.45, 2.75) is 19.4 Å². The lowest BCUT2D eigenvalue weighted by molar-refractivity contribution is 0.153. The first-order valence-corrected chi connectivity index (χ1v) is 5.90. The van der Waals surface area contributed by atoms with E-state index in [1.54, 1.807) is 6.26 Å². The first-order chi connectivity index (χ1) is 7.77. The standard InChI is InChI=1S/C13H20N2O.2ClH/c1-11(2)10-12(13-4-3-9-16-13)15-7-5-14-6-8-15;;/h3-4,9,12,14H,1,5-8,10H2,2H3;2*1H/t12-;;/m1../s1. The molecule has 1 aromatic heterocycles. The maximum atomic E-state index is 5.55. The minimum Gasteiger partial charge on any atom is -0.468 e.